The minimum atomic E-state index is 0.623. The molecule has 0 saturated carbocycles. The van der Waals surface area contributed by atoms with Crippen molar-refractivity contribution in [1.29, 1.82) is 0 Å². The van der Waals surface area contributed by atoms with Crippen molar-refractivity contribution in [2.24, 2.45) is 0 Å². The zero-order valence-corrected chi connectivity index (χ0v) is 13.8. The van der Waals surface area contributed by atoms with Gasteiger partial charge in [0.05, 0.1) is 10.0 Å². The van der Waals surface area contributed by atoms with E-state index in [-0.39, 0.29) is 0 Å². The Hall–Kier alpha value is -1.48. The first-order valence-electron chi connectivity index (χ1n) is 6.05. The van der Waals surface area contributed by atoms with Crippen LogP contribution in [0.1, 0.15) is 0 Å². The van der Waals surface area contributed by atoms with E-state index >= 15 is 0 Å². The number of nitrogens with zero attached hydrogens (tertiary/aromatic N) is 4. The van der Waals surface area contributed by atoms with Gasteiger partial charge in [0.1, 0.15) is 22.1 Å². The van der Waals surface area contributed by atoms with E-state index in [4.69, 9.17) is 23.2 Å². The lowest BCUT2D eigenvalue weighted by Gasteiger charge is -2.05. The van der Waals surface area contributed by atoms with E-state index in [2.05, 4.69) is 30.8 Å². The largest absolute Gasteiger partial charge is 0.197 e. The number of H-pyrrole nitrogens is 2. The topological polar surface area (TPSA) is 83.1 Å². The maximum Gasteiger partial charge on any atom is 0.114 e. The third-order valence-electron chi connectivity index (χ3n) is 2.96. The summed E-state index contributed by atoms with van der Waals surface area (Å²) >= 11 is 12.5. The summed E-state index contributed by atoms with van der Waals surface area (Å²) in [6, 6.07) is 7.35. The predicted molar refractivity (Wildman–Crippen MR) is 89.5 cm³/mol. The van der Waals surface area contributed by atoms with Gasteiger partial charge in [-0.15, -0.1) is 0 Å². The Morgan fingerprint density at radius 1 is 0.636 bits per heavy atom. The number of halogens is 2. The van der Waals surface area contributed by atoms with E-state index in [1.807, 2.05) is 12.1 Å². The van der Waals surface area contributed by atoms with Gasteiger partial charge in [0.2, 0.25) is 0 Å². The smallest absolute Gasteiger partial charge is 0.114 e. The van der Waals surface area contributed by atoms with E-state index in [0.717, 1.165) is 31.9 Å². The van der Waals surface area contributed by atoms with Crippen molar-refractivity contribution < 1.29 is 0 Å². The van der Waals surface area contributed by atoms with Crippen molar-refractivity contribution >= 4 is 66.9 Å². The van der Waals surface area contributed by atoms with Crippen molar-refractivity contribution in [3.8, 4) is 0 Å². The van der Waals surface area contributed by atoms with Crippen LogP contribution < -0.4 is 0 Å². The van der Waals surface area contributed by atoms with Crippen LogP contribution in [-0.2, 0) is 0 Å². The average Bonchev–Trinajstić information content (AvgIpc) is 3.12. The van der Waals surface area contributed by atoms with Gasteiger partial charge >= 0.3 is 0 Å². The molecule has 0 fully saturated rings. The van der Waals surface area contributed by atoms with Crippen LogP contribution in [0.3, 0.4) is 0 Å². The molecule has 0 unspecified atom stereocenters. The number of nitrogens with one attached hydrogen (secondary N) is 2. The van der Waals surface area contributed by atoms with Gasteiger partial charge in [-0.2, -0.15) is 30.8 Å². The molecule has 0 aliphatic heterocycles. The molecule has 6 nitrogen and oxygen atoms in total. The molecule has 0 aliphatic rings. The van der Waals surface area contributed by atoms with Crippen LogP contribution >= 0.6 is 44.8 Å². The molecular weight excluding hydrogens is 363 g/mol. The van der Waals surface area contributed by atoms with Crippen LogP contribution in [0.5, 0.6) is 0 Å². The Labute approximate surface area is 141 Å². The first kappa shape index (κ1) is 14.1. The summed E-state index contributed by atoms with van der Waals surface area (Å²) < 4.78 is 0. The van der Waals surface area contributed by atoms with Gasteiger partial charge in [-0.05, 0) is 24.3 Å². The van der Waals surface area contributed by atoms with Crippen LogP contribution in [0.25, 0.3) is 22.1 Å². The van der Waals surface area contributed by atoms with Gasteiger partial charge in [0, 0.05) is 9.79 Å². The fraction of sp³-hybridized carbons (Fsp3) is 0. The molecule has 2 N–H and O–H groups in total. The van der Waals surface area contributed by atoms with Crippen LogP contribution in [0.2, 0.25) is 10.0 Å². The summed E-state index contributed by atoms with van der Waals surface area (Å²) in [5.41, 5.74) is 3.01. The Morgan fingerprint density at radius 3 is 1.41 bits per heavy atom. The highest BCUT2D eigenvalue weighted by molar-refractivity contribution is 8.76. The summed E-state index contributed by atoms with van der Waals surface area (Å²) in [7, 11) is 3.01. The highest BCUT2D eigenvalue weighted by Crippen LogP contribution is 2.44. The summed E-state index contributed by atoms with van der Waals surface area (Å²) in [6.07, 6.45) is 0. The minimum absolute atomic E-state index is 0.623. The number of hydrogen-bond acceptors (Lipinski definition) is 6. The molecule has 0 spiro atoms. The molecule has 0 bridgehead atoms. The lowest BCUT2D eigenvalue weighted by Crippen LogP contribution is -1.78. The molecule has 0 aliphatic carbocycles. The highest BCUT2D eigenvalue weighted by Gasteiger charge is 2.11. The third kappa shape index (κ3) is 2.52. The Balaban J connectivity index is 1.64. The molecule has 2 heterocycles. The fourth-order valence-electron chi connectivity index (χ4n) is 1.91. The van der Waals surface area contributed by atoms with Crippen molar-refractivity contribution in [1.82, 2.24) is 30.8 Å². The molecule has 22 heavy (non-hydrogen) atoms. The molecule has 2 aromatic carbocycles. The first-order chi connectivity index (χ1) is 10.7. The molecule has 0 saturated heterocycles. The lowest BCUT2D eigenvalue weighted by molar-refractivity contribution is 0.959. The number of hydrogen-bond donors (Lipinski definition) is 2. The number of benzene rings is 2. The van der Waals surface area contributed by atoms with Crippen molar-refractivity contribution in [2.75, 3.05) is 0 Å². The Kier molecular flexibility index (Phi) is 3.61. The molecule has 0 radical (unpaired) electrons. The maximum absolute atomic E-state index is 6.27. The molecular formula is C12H6Cl2N6S2. The van der Waals surface area contributed by atoms with Gasteiger partial charge in [0.25, 0.3) is 0 Å². The van der Waals surface area contributed by atoms with Crippen molar-refractivity contribution in [3.05, 3.63) is 34.3 Å². The van der Waals surface area contributed by atoms with Crippen LogP contribution in [0.4, 0.5) is 0 Å². The monoisotopic (exact) mass is 368 g/mol. The second-order valence-corrected chi connectivity index (χ2v) is 7.38. The van der Waals surface area contributed by atoms with Crippen LogP contribution in [0, 0.1) is 0 Å². The van der Waals surface area contributed by atoms with E-state index in [0.29, 0.717) is 10.0 Å². The second-order valence-electron chi connectivity index (χ2n) is 4.36. The molecule has 2 aromatic heterocycles. The Morgan fingerprint density at radius 2 is 1.00 bits per heavy atom. The minimum Gasteiger partial charge on any atom is -0.197 e. The van der Waals surface area contributed by atoms with Crippen molar-refractivity contribution in [3.63, 3.8) is 0 Å². The maximum atomic E-state index is 6.27. The summed E-state index contributed by atoms with van der Waals surface area (Å²) in [6.45, 7) is 0. The number of aromatic nitrogens is 6. The SMILES string of the molecule is Clc1cc2n[nH]nc2cc1SSc1cc2n[nH]nc2cc1Cl. The van der Waals surface area contributed by atoms with Gasteiger partial charge in [0.15, 0.2) is 0 Å². The van der Waals surface area contributed by atoms with E-state index in [1.54, 1.807) is 12.1 Å². The van der Waals surface area contributed by atoms with Crippen molar-refractivity contribution in [2.45, 2.75) is 9.79 Å². The normalized spacial score (nSPS) is 11.5. The summed E-state index contributed by atoms with van der Waals surface area (Å²) in [4.78, 5) is 1.79. The molecule has 10 heteroatoms. The average molecular weight is 369 g/mol. The highest BCUT2D eigenvalue weighted by atomic mass is 35.5. The summed E-state index contributed by atoms with van der Waals surface area (Å²) in [5, 5.41) is 22.5. The number of fused-ring (bicyclic) bond motifs is 2. The standard InChI is InChI=1S/C12H6Cl2N6S2/c13-5-1-7-9(17-19-15-7)3-11(5)21-22-12-4-10-8(2-6(12)14)16-20-18-10/h1-4H,(H,15,17,19)(H,16,18,20). The second kappa shape index (κ2) is 5.62. The van der Waals surface area contributed by atoms with Gasteiger partial charge in [-0.3, -0.25) is 0 Å². The quantitative estimate of drug-likeness (QED) is 0.523. The zero-order chi connectivity index (χ0) is 15.1. The van der Waals surface area contributed by atoms with Crippen LogP contribution in [-0.4, -0.2) is 30.8 Å². The van der Waals surface area contributed by atoms with Gasteiger partial charge < -0.3 is 0 Å². The van der Waals surface area contributed by atoms with Gasteiger partial charge in [-0.1, -0.05) is 44.8 Å². The first-order valence-corrected chi connectivity index (χ1v) is 8.96. The fourth-order valence-corrected chi connectivity index (χ4v) is 4.87. The van der Waals surface area contributed by atoms with Gasteiger partial charge in [-0.25, -0.2) is 0 Å². The molecule has 4 aromatic rings. The van der Waals surface area contributed by atoms with Crippen LogP contribution in [0.15, 0.2) is 34.1 Å². The zero-order valence-electron chi connectivity index (χ0n) is 10.7. The predicted octanol–water partition coefficient (Wildman–Crippen LogP) is 4.34. The van der Waals surface area contributed by atoms with E-state index < -0.39 is 0 Å². The number of rotatable bonds is 3. The third-order valence-corrected chi connectivity index (χ3v) is 6.26. The lowest BCUT2D eigenvalue weighted by atomic mass is 10.3. The molecule has 110 valence electrons. The molecule has 0 amide bonds. The van der Waals surface area contributed by atoms with E-state index in [9.17, 15) is 0 Å². The molecule has 0 atom stereocenters. The number of aromatic amines is 2. The van der Waals surface area contributed by atoms with E-state index in [1.165, 1.54) is 21.6 Å². The molecule has 4 rings (SSSR count). The Bertz CT molecular complexity index is 902. The summed E-state index contributed by atoms with van der Waals surface area (Å²) in [5.74, 6) is 0.